The van der Waals surface area contributed by atoms with E-state index in [1.165, 1.54) is 0 Å². The second kappa shape index (κ2) is 5.14. The van der Waals surface area contributed by atoms with E-state index in [0.29, 0.717) is 24.9 Å². The van der Waals surface area contributed by atoms with Crippen molar-refractivity contribution in [2.24, 2.45) is 17.0 Å². The van der Waals surface area contributed by atoms with Gasteiger partial charge < -0.3 is 4.90 Å². The number of rotatable bonds is 2. The Hall–Kier alpha value is -1.47. The molecule has 1 aliphatic heterocycles. The van der Waals surface area contributed by atoms with Crippen LogP contribution < -0.4 is 5.14 Å². The van der Waals surface area contributed by atoms with Gasteiger partial charge in [0.15, 0.2) is 0 Å². The Labute approximate surface area is 117 Å². The molecule has 2 N–H and O–H groups in total. The summed E-state index contributed by atoms with van der Waals surface area (Å²) < 4.78 is 36.3. The van der Waals surface area contributed by atoms with E-state index in [9.17, 15) is 17.6 Å². The second-order valence-corrected chi connectivity index (χ2v) is 6.91. The number of nitrogens with two attached hydrogens (primary N) is 1. The smallest absolute Gasteiger partial charge is 0.256 e. The molecule has 0 aliphatic carbocycles. The second-order valence-electron chi connectivity index (χ2n) is 5.35. The molecule has 2 atom stereocenters. The lowest BCUT2D eigenvalue weighted by molar-refractivity contribution is 0.0780. The molecule has 1 aliphatic rings. The number of carbonyl (C=O) groups is 1. The quantitative estimate of drug-likeness (QED) is 0.891. The molecule has 1 amide bonds. The Morgan fingerprint density at radius 1 is 1.30 bits per heavy atom. The molecule has 1 fully saturated rings. The molecule has 5 nitrogen and oxygen atoms in total. The minimum absolute atomic E-state index is 0.252. The molecule has 7 heteroatoms. The van der Waals surface area contributed by atoms with E-state index in [1.807, 2.05) is 13.8 Å². The Morgan fingerprint density at radius 3 is 2.35 bits per heavy atom. The summed E-state index contributed by atoms with van der Waals surface area (Å²) in [5.74, 6) is -0.564. The van der Waals surface area contributed by atoms with Gasteiger partial charge in [-0.25, -0.2) is 17.9 Å². The fourth-order valence-electron chi connectivity index (χ4n) is 2.31. The van der Waals surface area contributed by atoms with E-state index in [2.05, 4.69) is 0 Å². The number of carbonyl (C=O) groups excluding carboxylic acids is 1. The summed E-state index contributed by atoms with van der Waals surface area (Å²) in [5.41, 5.74) is -0.252. The van der Waals surface area contributed by atoms with E-state index < -0.39 is 21.7 Å². The number of benzene rings is 1. The number of hydrogen-bond donors (Lipinski definition) is 1. The number of halogens is 1. The summed E-state index contributed by atoms with van der Waals surface area (Å²) in [4.78, 5) is 13.6. The van der Waals surface area contributed by atoms with Crippen LogP contribution in [-0.2, 0) is 10.0 Å². The highest BCUT2D eigenvalue weighted by atomic mass is 32.2. The van der Waals surface area contributed by atoms with E-state index in [1.54, 1.807) is 4.90 Å². The molecule has 1 aromatic carbocycles. The maximum absolute atomic E-state index is 13.8. The number of nitrogens with zero attached hydrogens (tertiary/aromatic N) is 1. The van der Waals surface area contributed by atoms with Crippen LogP contribution in [-0.4, -0.2) is 32.3 Å². The first-order chi connectivity index (χ1) is 9.20. The van der Waals surface area contributed by atoms with Gasteiger partial charge in [0.05, 0.1) is 10.5 Å². The van der Waals surface area contributed by atoms with Crippen molar-refractivity contribution in [2.45, 2.75) is 18.7 Å². The topological polar surface area (TPSA) is 80.5 Å². The van der Waals surface area contributed by atoms with Crippen molar-refractivity contribution in [3.8, 4) is 0 Å². The Morgan fingerprint density at radius 2 is 1.85 bits per heavy atom. The van der Waals surface area contributed by atoms with Crippen LogP contribution >= 0.6 is 0 Å². The summed E-state index contributed by atoms with van der Waals surface area (Å²) in [6.07, 6.45) is 0. The number of primary sulfonamides is 1. The average Bonchev–Trinajstić information content (AvgIpc) is 2.68. The maximum atomic E-state index is 13.8. The Kier molecular flexibility index (Phi) is 3.84. The molecule has 0 saturated carbocycles. The first-order valence-electron chi connectivity index (χ1n) is 6.31. The van der Waals surface area contributed by atoms with Crippen LogP contribution in [0.15, 0.2) is 23.1 Å². The lowest BCUT2D eigenvalue weighted by Crippen LogP contribution is -2.30. The SMILES string of the molecule is CC1CN(C(=O)c2cc(S(N)(=O)=O)ccc2F)CC1C. The van der Waals surface area contributed by atoms with Gasteiger partial charge in [-0.3, -0.25) is 4.79 Å². The van der Waals surface area contributed by atoms with E-state index in [0.717, 1.165) is 18.2 Å². The van der Waals surface area contributed by atoms with Crippen LogP contribution in [0.2, 0.25) is 0 Å². The minimum atomic E-state index is -3.96. The third-order valence-corrected chi connectivity index (χ3v) is 4.68. The van der Waals surface area contributed by atoms with Gasteiger partial charge in [-0.2, -0.15) is 0 Å². The lowest BCUT2D eigenvalue weighted by Gasteiger charge is -2.16. The molecule has 0 radical (unpaired) electrons. The summed E-state index contributed by atoms with van der Waals surface area (Å²) in [7, 11) is -3.96. The van der Waals surface area contributed by atoms with Crippen molar-refractivity contribution in [3.63, 3.8) is 0 Å². The number of amides is 1. The summed E-state index contributed by atoms with van der Waals surface area (Å²) in [6.45, 7) is 5.13. The number of hydrogen-bond acceptors (Lipinski definition) is 3. The van der Waals surface area contributed by atoms with Crippen molar-refractivity contribution >= 4 is 15.9 Å². The van der Waals surface area contributed by atoms with Crippen LogP contribution in [0.1, 0.15) is 24.2 Å². The van der Waals surface area contributed by atoms with E-state index in [-0.39, 0.29) is 10.5 Å². The van der Waals surface area contributed by atoms with E-state index >= 15 is 0 Å². The van der Waals surface area contributed by atoms with Crippen molar-refractivity contribution < 1.29 is 17.6 Å². The fraction of sp³-hybridized carbons (Fsp3) is 0.462. The van der Waals surface area contributed by atoms with Gasteiger partial charge in [0.2, 0.25) is 10.0 Å². The monoisotopic (exact) mass is 300 g/mol. The van der Waals surface area contributed by atoms with Gasteiger partial charge in [-0.15, -0.1) is 0 Å². The zero-order chi connectivity index (χ0) is 15.1. The number of likely N-dealkylation sites (tertiary alicyclic amines) is 1. The standard InChI is InChI=1S/C13H17FN2O3S/c1-8-6-16(7-9(8)2)13(17)11-5-10(20(15,18)19)3-4-12(11)14/h3-5,8-9H,6-7H2,1-2H3,(H2,15,18,19). The van der Waals surface area contributed by atoms with Gasteiger partial charge in [0.1, 0.15) is 5.82 Å². The maximum Gasteiger partial charge on any atom is 0.256 e. The van der Waals surface area contributed by atoms with Crippen molar-refractivity contribution in [3.05, 3.63) is 29.6 Å². The highest BCUT2D eigenvalue weighted by Crippen LogP contribution is 2.25. The summed E-state index contributed by atoms with van der Waals surface area (Å²) in [6, 6.07) is 3.01. The largest absolute Gasteiger partial charge is 0.338 e. The third-order valence-electron chi connectivity index (χ3n) is 3.77. The molecule has 1 saturated heterocycles. The highest BCUT2D eigenvalue weighted by Gasteiger charge is 2.31. The molecule has 110 valence electrons. The first kappa shape index (κ1) is 14.9. The molecule has 20 heavy (non-hydrogen) atoms. The Bertz CT molecular complexity index is 635. The molecule has 0 aromatic heterocycles. The minimum Gasteiger partial charge on any atom is -0.338 e. The summed E-state index contributed by atoms with van der Waals surface area (Å²) >= 11 is 0. The Balaban J connectivity index is 2.35. The predicted molar refractivity (Wildman–Crippen MR) is 72.0 cm³/mol. The molecule has 0 spiro atoms. The molecule has 1 aromatic rings. The van der Waals surface area contributed by atoms with Crippen LogP contribution in [0.3, 0.4) is 0 Å². The third kappa shape index (κ3) is 2.83. The van der Waals surface area contributed by atoms with Crippen LogP contribution in [0, 0.1) is 17.7 Å². The number of sulfonamides is 1. The molecular formula is C13H17FN2O3S. The summed E-state index contributed by atoms with van der Waals surface area (Å²) in [5, 5.41) is 5.00. The fourth-order valence-corrected chi connectivity index (χ4v) is 2.85. The van der Waals surface area contributed by atoms with E-state index in [4.69, 9.17) is 5.14 Å². The normalized spacial score (nSPS) is 23.1. The molecule has 2 rings (SSSR count). The van der Waals surface area contributed by atoms with Gasteiger partial charge in [-0.1, -0.05) is 13.8 Å². The molecule has 1 heterocycles. The van der Waals surface area contributed by atoms with Crippen molar-refractivity contribution in [1.82, 2.24) is 4.90 Å². The van der Waals surface area contributed by atoms with Gasteiger partial charge in [0, 0.05) is 13.1 Å². The van der Waals surface area contributed by atoms with Crippen molar-refractivity contribution in [2.75, 3.05) is 13.1 Å². The molecular weight excluding hydrogens is 283 g/mol. The van der Waals surface area contributed by atoms with Crippen LogP contribution in [0.25, 0.3) is 0 Å². The van der Waals surface area contributed by atoms with Gasteiger partial charge >= 0.3 is 0 Å². The zero-order valence-electron chi connectivity index (χ0n) is 11.3. The average molecular weight is 300 g/mol. The van der Waals surface area contributed by atoms with Gasteiger partial charge in [0.25, 0.3) is 5.91 Å². The zero-order valence-corrected chi connectivity index (χ0v) is 12.2. The molecule has 0 bridgehead atoms. The molecule has 2 unspecified atom stereocenters. The van der Waals surface area contributed by atoms with Crippen LogP contribution in [0.4, 0.5) is 4.39 Å². The predicted octanol–water partition coefficient (Wildman–Crippen LogP) is 1.20. The highest BCUT2D eigenvalue weighted by molar-refractivity contribution is 7.89. The van der Waals surface area contributed by atoms with Gasteiger partial charge in [-0.05, 0) is 30.0 Å². The van der Waals surface area contributed by atoms with Crippen molar-refractivity contribution in [1.29, 1.82) is 0 Å². The van der Waals surface area contributed by atoms with Crippen LogP contribution in [0.5, 0.6) is 0 Å². The first-order valence-corrected chi connectivity index (χ1v) is 7.86. The lowest BCUT2D eigenvalue weighted by atomic mass is 10.0.